The zero-order valence-corrected chi connectivity index (χ0v) is 27.6. The minimum Gasteiger partial charge on any atom is -0.0654 e. The Kier molecular flexibility index (Phi) is 35.0. The summed E-state index contributed by atoms with van der Waals surface area (Å²) in [7, 11) is 0. The van der Waals surface area contributed by atoms with E-state index in [1.807, 2.05) is 0 Å². The summed E-state index contributed by atoms with van der Waals surface area (Å²) in [5.74, 6) is 0.967. The lowest BCUT2D eigenvalue weighted by Gasteiger charge is -2.11. The fraction of sp³-hybridized carbons (Fsp3) is 1.00. The van der Waals surface area contributed by atoms with Gasteiger partial charge in [-0.25, -0.2) is 0 Å². The highest BCUT2D eigenvalue weighted by Gasteiger charge is 2.02. The van der Waals surface area contributed by atoms with E-state index in [1.54, 1.807) is 0 Å². The summed E-state index contributed by atoms with van der Waals surface area (Å²) in [6.07, 6.45) is 50.2. The van der Waals surface area contributed by atoms with Gasteiger partial charge in [0, 0.05) is 0 Å². The molecule has 0 saturated carbocycles. The van der Waals surface area contributed by atoms with Gasteiger partial charge in [-0.15, -0.1) is 0 Å². The van der Waals surface area contributed by atoms with Gasteiger partial charge in [0.2, 0.25) is 0 Å². The van der Waals surface area contributed by atoms with Gasteiger partial charge in [0.05, 0.1) is 0 Å². The molecule has 0 N–H and O–H groups in total. The molecule has 0 spiro atoms. The number of rotatable bonds is 34. The predicted octanol–water partition coefficient (Wildman–Crippen LogP) is 14.9. The van der Waals surface area contributed by atoms with Crippen molar-refractivity contribution < 1.29 is 0 Å². The van der Waals surface area contributed by atoms with Gasteiger partial charge in [-0.2, -0.15) is 0 Å². The Balaban J connectivity index is 3.10. The Morgan fingerprint density at radius 3 is 0.579 bits per heavy atom. The van der Waals surface area contributed by atoms with E-state index in [-0.39, 0.29) is 0 Å². The molecule has 0 amide bonds. The van der Waals surface area contributed by atoms with Crippen LogP contribution in [-0.4, -0.2) is 0 Å². The van der Waals surface area contributed by atoms with E-state index in [4.69, 9.17) is 0 Å². The second-order valence-electron chi connectivity index (χ2n) is 13.3. The second kappa shape index (κ2) is 35.0. The molecule has 1 atom stereocenters. The summed E-state index contributed by atoms with van der Waals surface area (Å²) in [5, 5.41) is 0. The summed E-state index contributed by atoms with van der Waals surface area (Å²) in [6.45, 7) is 7.12. The molecule has 0 aliphatic carbocycles. The van der Waals surface area contributed by atoms with Crippen LogP contribution < -0.4 is 0 Å². The number of hydrogen-bond acceptors (Lipinski definition) is 0. The maximum atomic E-state index is 2.50. The van der Waals surface area contributed by atoms with Crippen LogP contribution in [0.5, 0.6) is 0 Å². The fourth-order valence-corrected chi connectivity index (χ4v) is 6.23. The highest BCUT2D eigenvalue weighted by Crippen LogP contribution is 2.19. The Labute approximate surface area is 244 Å². The van der Waals surface area contributed by atoms with E-state index >= 15 is 0 Å². The molecule has 0 aromatic carbocycles. The first kappa shape index (κ1) is 38.0. The quantitative estimate of drug-likeness (QED) is 0.0720. The van der Waals surface area contributed by atoms with Crippen molar-refractivity contribution in [1.29, 1.82) is 0 Å². The maximum Gasteiger partial charge on any atom is -0.0443 e. The molecule has 0 fully saturated rings. The van der Waals surface area contributed by atoms with Crippen molar-refractivity contribution in [2.45, 2.75) is 239 Å². The lowest BCUT2D eigenvalue weighted by atomic mass is 9.95. The summed E-state index contributed by atoms with van der Waals surface area (Å²) < 4.78 is 0. The molecular weight excluding hydrogens is 456 g/mol. The topological polar surface area (TPSA) is 0 Å². The molecule has 0 heteroatoms. The van der Waals surface area contributed by atoms with Gasteiger partial charge in [-0.3, -0.25) is 0 Å². The first-order chi connectivity index (χ1) is 18.8. The first-order valence-corrected chi connectivity index (χ1v) is 18.8. The van der Waals surface area contributed by atoms with Crippen LogP contribution in [0.4, 0.5) is 0 Å². The van der Waals surface area contributed by atoms with E-state index in [0.29, 0.717) is 0 Å². The zero-order valence-electron chi connectivity index (χ0n) is 27.6. The van der Waals surface area contributed by atoms with Gasteiger partial charge in [0.25, 0.3) is 0 Å². The van der Waals surface area contributed by atoms with Crippen molar-refractivity contribution in [1.82, 2.24) is 0 Å². The standard InChI is InChI=1S/C38H78/c1-4-6-8-10-12-14-15-16-17-18-19-20-21-22-23-24-25-26-27-28-29-31-33-35-37-38(3)36-34-32-30-13-11-9-7-5-2/h38H,4-37H2,1-3H3. The third-order valence-corrected chi connectivity index (χ3v) is 9.10. The van der Waals surface area contributed by atoms with Crippen LogP contribution in [0, 0.1) is 5.92 Å². The molecule has 0 aromatic heterocycles. The van der Waals surface area contributed by atoms with Crippen molar-refractivity contribution in [2.75, 3.05) is 0 Å². The Bertz CT molecular complexity index is 385. The highest BCUT2D eigenvalue weighted by molar-refractivity contribution is 4.56. The molecule has 0 radical (unpaired) electrons. The van der Waals surface area contributed by atoms with Crippen LogP contribution in [0.15, 0.2) is 0 Å². The number of hydrogen-bond donors (Lipinski definition) is 0. The summed E-state index contributed by atoms with van der Waals surface area (Å²) in [6, 6.07) is 0. The summed E-state index contributed by atoms with van der Waals surface area (Å²) >= 11 is 0. The summed E-state index contributed by atoms with van der Waals surface area (Å²) in [4.78, 5) is 0. The van der Waals surface area contributed by atoms with Gasteiger partial charge in [-0.1, -0.05) is 239 Å². The predicted molar refractivity (Wildman–Crippen MR) is 177 cm³/mol. The molecule has 38 heavy (non-hydrogen) atoms. The third kappa shape index (κ3) is 34.0. The van der Waals surface area contributed by atoms with Crippen molar-refractivity contribution in [2.24, 2.45) is 5.92 Å². The highest BCUT2D eigenvalue weighted by atomic mass is 14.1. The zero-order chi connectivity index (χ0) is 27.6. The second-order valence-corrected chi connectivity index (χ2v) is 13.3. The van der Waals surface area contributed by atoms with Crippen LogP contribution in [0.25, 0.3) is 0 Å². The normalized spacial score (nSPS) is 12.4. The monoisotopic (exact) mass is 535 g/mol. The van der Waals surface area contributed by atoms with Crippen molar-refractivity contribution >= 4 is 0 Å². The van der Waals surface area contributed by atoms with Gasteiger partial charge < -0.3 is 0 Å². The molecule has 1 unspecified atom stereocenters. The van der Waals surface area contributed by atoms with E-state index < -0.39 is 0 Å². The van der Waals surface area contributed by atoms with Crippen molar-refractivity contribution in [3.8, 4) is 0 Å². The first-order valence-electron chi connectivity index (χ1n) is 18.8. The van der Waals surface area contributed by atoms with Gasteiger partial charge in [0.15, 0.2) is 0 Å². The SMILES string of the molecule is CCCCCCCCCCCCCCCCCCCCCCCCCCC(C)CCCCCCCCCC. The smallest absolute Gasteiger partial charge is 0.0443 e. The Hall–Kier alpha value is 0. The molecular formula is C38H78. The molecule has 0 aromatic rings. The largest absolute Gasteiger partial charge is 0.0654 e. The minimum atomic E-state index is 0.967. The minimum absolute atomic E-state index is 0.967. The van der Waals surface area contributed by atoms with Crippen LogP contribution in [-0.2, 0) is 0 Å². The van der Waals surface area contributed by atoms with E-state index in [1.165, 1.54) is 218 Å². The Morgan fingerprint density at radius 2 is 0.395 bits per heavy atom. The fourth-order valence-electron chi connectivity index (χ4n) is 6.23. The van der Waals surface area contributed by atoms with Gasteiger partial charge >= 0.3 is 0 Å². The average molecular weight is 535 g/mol. The molecule has 0 bridgehead atoms. The molecule has 0 rings (SSSR count). The third-order valence-electron chi connectivity index (χ3n) is 9.10. The molecule has 0 heterocycles. The molecule has 0 nitrogen and oxygen atoms in total. The van der Waals surface area contributed by atoms with Crippen molar-refractivity contribution in [3.05, 3.63) is 0 Å². The Morgan fingerprint density at radius 1 is 0.237 bits per heavy atom. The molecule has 0 aliphatic rings. The van der Waals surface area contributed by atoms with E-state index in [0.717, 1.165) is 5.92 Å². The van der Waals surface area contributed by atoms with Crippen LogP contribution in [0.2, 0.25) is 0 Å². The molecule has 230 valence electrons. The van der Waals surface area contributed by atoms with Crippen molar-refractivity contribution in [3.63, 3.8) is 0 Å². The van der Waals surface area contributed by atoms with Crippen LogP contribution in [0.1, 0.15) is 239 Å². The van der Waals surface area contributed by atoms with Crippen LogP contribution >= 0.6 is 0 Å². The van der Waals surface area contributed by atoms with E-state index in [2.05, 4.69) is 20.8 Å². The maximum absolute atomic E-state index is 2.50. The molecule has 0 saturated heterocycles. The average Bonchev–Trinajstić information content (AvgIpc) is 2.92. The number of unbranched alkanes of at least 4 members (excludes halogenated alkanes) is 30. The van der Waals surface area contributed by atoms with Gasteiger partial charge in [0.1, 0.15) is 0 Å². The lowest BCUT2D eigenvalue weighted by Crippen LogP contribution is -1.95. The molecule has 0 aliphatic heterocycles. The van der Waals surface area contributed by atoms with E-state index in [9.17, 15) is 0 Å². The summed E-state index contributed by atoms with van der Waals surface area (Å²) in [5.41, 5.74) is 0. The van der Waals surface area contributed by atoms with Gasteiger partial charge in [-0.05, 0) is 5.92 Å². The van der Waals surface area contributed by atoms with Crippen LogP contribution in [0.3, 0.4) is 0 Å². The lowest BCUT2D eigenvalue weighted by molar-refractivity contribution is 0.430.